The van der Waals surface area contributed by atoms with Gasteiger partial charge in [0.25, 0.3) is 0 Å². The van der Waals surface area contributed by atoms with Crippen molar-refractivity contribution >= 4 is 26.0 Å². The Morgan fingerprint density at radius 1 is 1.47 bits per heavy atom. The fourth-order valence-corrected chi connectivity index (χ4v) is 4.00. The average Bonchev–Trinajstić information content (AvgIpc) is 2.95. The number of hydrogen-bond acceptors (Lipinski definition) is 3. The lowest BCUT2D eigenvalue weighted by atomic mass is 10.2. The third-order valence-electron chi connectivity index (χ3n) is 2.85. The summed E-state index contributed by atoms with van der Waals surface area (Å²) in [7, 11) is -3.53. The van der Waals surface area contributed by atoms with Crippen molar-refractivity contribution in [1.29, 1.82) is 0 Å². The second-order valence-corrected chi connectivity index (χ2v) is 7.09. The van der Waals surface area contributed by atoms with Gasteiger partial charge in [-0.05, 0) is 53.4 Å². The molecule has 2 rings (SSSR count). The molecule has 0 atom stereocenters. The van der Waals surface area contributed by atoms with E-state index < -0.39 is 10.0 Å². The molecule has 1 aromatic carbocycles. The van der Waals surface area contributed by atoms with Crippen molar-refractivity contribution in [3.8, 4) is 0 Å². The standard InChI is InChI=1S/C11H14BrNO3S/c1-11(4-5-11)13-17(15,16)10-6-8(7-14)2-3-9(10)12/h2-3,6,13-14H,4-5,7H2,1H3. The molecule has 1 fully saturated rings. The van der Waals surface area contributed by atoms with Gasteiger partial charge in [0.05, 0.1) is 11.5 Å². The van der Waals surface area contributed by atoms with E-state index in [9.17, 15) is 8.42 Å². The molecule has 1 aliphatic carbocycles. The Kier molecular flexibility index (Phi) is 3.33. The number of halogens is 1. The van der Waals surface area contributed by atoms with Crippen LogP contribution in [0.3, 0.4) is 0 Å². The zero-order chi connectivity index (χ0) is 12.7. The maximum atomic E-state index is 12.2. The normalized spacial score (nSPS) is 18.1. The highest BCUT2D eigenvalue weighted by Gasteiger charge is 2.41. The van der Waals surface area contributed by atoms with Crippen molar-refractivity contribution in [3.63, 3.8) is 0 Å². The van der Waals surface area contributed by atoms with Gasteiger partial charge < -0.3 is 5.11 Å². The van der Waals surface area contributed by atoms with Crippen molar-refractivity contribution in [2.24, 2.45) is 0 Å². The first-order chi connectivity index (χ1) is 7.86. The second kappa shape index (κ2) is 4.35. The first-order valence-electron chi connectivity index (χ1n) is 5.30. The predicted octanol–water partition coefficient (Wildman–Crippen LogP) is 1.77. The molecule has 0 amide bonds. The zero-order valence-electron chi connectivity index (χ0n) is 9.40. The van der Waals surface area contributed by atoms with Gasteiger partial charge in [-0.2, -0.15) is 0 Å². The second-order valence-electron chi connectivity index (χ2n) is 4.59. The first kappa shape index (κ1) is 13.0. The van der Waals surface area contributed by atoms with Crippen LogP contribution in [0.4, 0.5) is 0 Å². The minimum Gasteiger partial charge on any atom is -0.392 e. The molecule has 0 aromatic heterocycles. The van der Waals surface area contributed by atoms with Crippen LogP contribution in [0.2, 0.25) is 0 Å². The molecular formula is C11H14BrNO3S. The summed E-state index contributed by atoms with van der Waals surface area (Å²) in [5.41, 5.74) is 0.280. The number of aliphatic hydroxyl groups is 1. The molecule has 1 aromatic rings. The summed E-state index contributed by atoms with van der Waals surface area (Å²) in [4.78, 5) is 0.178. The van der Waals surface area contributed by atoms with Gasteiger partial charge in [-0.25, -0.2) is 13.1 Å². The number of sulfonamides is 1. The topological polar surface area (TPSA) is 66.4 Å². The van der Waals surface area contributed by atoms with Crippen LogP contribution in [-0.4, -0.2) is 19.1 Å². The van der Waals surface area contributed by atoms with Gasteiger partial charge in [0.15, 0.2) is 0 Å². The van der Waals surface area contributed by atoms with Crippen LogP contribution in [0.15, 0.2) is 27.6 Å². The number of aliphatic hydroxyl groups excluding tert-OH is 1. The smallest absolute Gasteiger partial charge is 0.242 e. The predicted molar refractivity (Wildman–Crippen MR) is 68.0 cm³/mol. The van der Waals surface area contributed by atoms with Gasteiger partial charge >= 0.3 is 0 Å². The Labute approximate surface area is 109 Å². The van der Waals surface area contributed by atoms with Crippen LogP contribution >= 0.6 is 15.9 Å². The van der Waals surface area contributed by atoms with Crippen LogP contribution in [-0.2, 0) is 16.6 Å². The van der Waals surface area contributed by atoms with Crippen LogP contribution in [0, 0.1) is 0 Å². The zero-order valence-corrected chi connectivity index (χ0v) is 11.8. The fraction of sp³-hybridized carbons (Fsp3) is 0.455. The molecule has 2 N–H and O–H groups in total. The molecule has 0 saturated heterocycles. The molecular weight excluding hydrogens is 306 g/mol. The summed E-state index contributed by atoms with van der Waals surface area (Å²) >= 11 is 3.22. The van der Waals surface area contributed by atoms with Crippen LogP contribution in [0.5, 0.6) is 0 Å². The molecule has 4 nitrogen and oxygen atoms in total. The first-order valence-corrected chi connectivity index (χ1v) is 7.57. The van der Waals surface area contributed by atoms with E-state index in [1.54, 1.807) is 12.1 Å². The summed E-state index contributed by atoms with van der Waals surface area (Å²) in [6.07, 6.45) is 1.73. The Morgan fingerprint density at radius 3 is 2.65 bits per heavy atom. The highest BCUT2D eigenvalue weighted by atomic mass is 79.9. The van der Waals surface area contributed by atoms with E-state index in [2.05, 4.69) is 20.7 Å². The Hall–Kier alpha value is -0.430. The summed E-state index contributed by atoms with van der Waals surface area (Å²) in [6, 6.07) is 4.80. The van der Waals surface area contributed by atoms with Crippen molar-refractivity contribution in [3.05, 3.63) is 28.2 Å². The van der Waals surface area contributed by atoms with E-state index in [1.807, 2.05) is 6.92 Å². The molecule has 0 bridgehead atoms. The SMILES string of the molecule is CC1(NS(=O)(=O)c2cc(CO)ccc2Br)CC1. The molecule has 0 heterocycles. The molecule has 6 heteroatoms. The van der Waals surface area contributed by atoms with E-state index in [0.29, 0.717) is 10.0 Å². The minimum atomic E-state index is -3.53. The van der Waals surface area contributed by atoms with Crippen LogP contribution in [0.25, 0.3) is 0 Å². The van der Waals surface area contributed by atoms with Gasteiger partial charge in [-0.1, -0.05) is 6.07 Å². The van der Waals surface area contributed by atoms with Crippen molar-refractivity contribution in [1.82, 2.24) is 4.72 Å². The Morgan fingerprint density at radius 2 is 2.12 bits per heavy atom. The van der Waals surface area contributed by atoms with Gasteiger partial charge in [0.2, 0.25) is 10.0 Å². The van der Waals surface area contributed by atoms with Crippen molar-refractivity contribution in [2.45, 2.75) is 36.8 Å². The minimum absolute atomic E-state index is 0.174. The number of hydrogen-bond donors (Lipinski definition) is 2. The maximum absolute atomic E-state index is 12.2. The van der Waals surface area contributed by atoms with Crippen molar-refractivity contribution < 1.29 is 13.5 Å². The third-order valence-corrected chi connectivity index (χ3v) is 5.48. The molecule has 94 valence electrons. The molecule has 17 heavy (non-hydrogen) atoms. The van der Waals surface area contributed by atoms with Gasteiger partial charge in [-0.15, -0.1) is 0 Å². The van der Waals surface area contributed by atoms with Crippen LogP contribution < -0.4 is 4.72 Å². The van der Waals surface area contributed by atoms with Gasteiger partial charge in [0.1, 0.15) is 0 Å². The molecule has 1 saturated carbocycles. The highest BCUT2D eigenvalue weighted by Crippen LogP contribution is 2.36. The molecule has 0 radical (unpaired) electrons. The molecule has 1 aliphatic rings. The largest absolute Gasteiger partial charge is 0.392 e. The summed E-state index contributed by atoms with van der Waals surface area (Å²) in [5, 5.41) is 9.03. The summed E-state index contributed by atoms with van der Waals surface area (Å²) in [6.45, 7) is 1.71. The van der Waals surface area contributed by atoms with E-state index in [-0.39, 0.29) is 17.0 Å². The lowest BCUT2D eigenvalue weighted by Crippen LogP contribution is -2.34. The number of nitrogens with one attached hydrogen (secondary N) is 1. The summed E-state index contributed by atoms with van der Waals surface area (Å²) < 4.78 is 27.5. The highest BCUT2D eigenvalue weighted by molar-refractivity contribution is 9.10. The van der Waals surface area contributed by atoms with E-state index >= 15 is 0 Å². The quantitative estimate of drug-likeness (QED) is 0.888. The Balaban J connectivity index is 2.38. The van der Waals surface area contributed by atoms with E-state index in [4.69, 9.17) is 5.11 Å². The molecule has 0 unspecified atom stereocenters. The van der Waals surface area contributed by atoms with E-state index in [0.717, 1.165) is 12.8 Å². The fourth-order valence-electron chi connectivity index (χ4n) is 1.52. The molecule has 0 aliphatic heterocycles. The average molecular weight is 320 g/mol. The number of benzene rings is 1. The summed E-state index contributed by atoms with van der Waals surface area (Å²) in [5.74, 6) is 0. The maximum Gasteiger partial charge on any atom is 0.242 e. The van der Waals surface area contributed by atoms with Crippen molar-refractivity contribution in [2.75, 3.05) is 0 Å². The lowest BCUT2D eigenvalue weighted by molar-refractivity contribution is 0.281. The van der Waals surface area contributed by atoms with Crippen LogP contribution in [0.1, 0.15) is 25.3 Å². The number of rotatable bonds is 4. The Bertz CT molecular complexity index is 538. The third kappa shape index (κ3) is 2.88. The molecule has 0 spiro atoms. The lowest BCUT2D eigenvalue weighted by Gasteiger charge is -2.14. The van der Waals surface area contributed by atoms with E-state index in [1.165, 1.54) is 6.07 Å². The monoisotopic (exact) mass is 319 g/mol. The van der Waals surface area contributed by atoms with Gasteiger partial charge in [0, 0.05) is 10.0 Å². The van der Waals surface area contributed by atoms with Gasteiger partial charge in [-0.3, -0.25) is 0 Å².